The van der Waals surface area contributed by atoms with Gasteiger partial charge in [0.1, 0.15) is 0 Å². The Hall–Kier alpha value is -1.11. The number of rotatable bonds is 3. The number of aliphatic imine (C=N–C) groups is 1. The van der Waals surface area contributed by atoms with Crippen LogP contribution in [0.25, 0.3) is 0 Å². The molecule has 0 bridgehead atoms. The van der Waals surface area contributed by atoms with E-state index in [1.165, 1.54) is 29.6 Å². The van der Waals surface area contributed by atoms with Gasteiger partial charge in [0.05, 0.1) is 0 Å². The van der Waals surface area contributed by atoms with Crippen LogP contribution in [0.4, 0.5) is 0 Å². The molecule has 1 aliphatic carbocycles. The van der Waals surface area contributed by atoms with Crippen LogP contribution in [0.2, 0.25) is 0 Å². The highest BCUT2D eigenvalue weighted by Gasteiger charge is 2.03. The fraction of sp³-hybridized carbons (Fsp3) is 0.533. The first-order chi connectivity index (χ1) is 7.75. The van der Waals surface area contributed by atoms with Gasteiger partial charge in [0, 0.05) is 12.8 Å². The molecule has 1 heteroatoms. The Morgan fingerprint density at radius 1 is 1.38 bits per heavy atom. The maximum Gasteiger partial charge on any atom is 0.0361 e. The second kappa shape index (κ2) is 9.14. The molecular weight excluding hydrogens is 194 g/mol. The van der Waals surface area contributed by atoms with Gasteiger partial charge in [0.2, 0.25) is 0 Å². The second-order valence-electron chi connectivity index (χ2n) is 3.59. The molecule has 0 atom stereocenters. The highest BCUT2D eigenvalue weighted by atomic mass is 14.7. The molecule has 90 valence electrons. The molecule has 0 unspecified atom stereocenters. The zero-order chi connectivity index (χ0) is 12.4. The van der Waals surface area contributed by atoms with E-state index in [4.69, 9.17) is 0 Å². The van der Waals surface area contributed by atoms with E-state index in [1.54, 1.807) is 0 Å². The van der Waals surface area contributed by atoms with Crippen molar-refractivity contribution in [1.82, 2.24) is 0 Å². The van der Waals surface area contributed by atoms with Crippen LogP contribution >= 0.6 is 0 Å². The summed E-state index contributed by atoms with van der Waals surface area (Å²) in [5.74, 6) is 0. The summed E-state index contributed by atoms with van der Waals surface area (Å²) in [4.78, 5) is 4.26. The van der Waals surface area contributed by atoms with Gasteiger partial charge in [-0.1, -0.05) is 32.1 Å². The molecule has 0 N–H and O–H groups in total. The van der Waals surface area contributed by atoms with E-state index < -0.39 is 0 Å². The summed E-state index contributed by atoms with van der Waals surface area (Å²) in [6.07, 6.45) is 10.9. The van der Waals surface area contributed by atoms with Crippen LogP contribution in [0.15, 0.2) is 39.9 Å². The largest absolute Gasteiger partial charge is 0.293 e. The van der Waals surface area contributed by atoms with Crippen LogP contribution < -0.4 is 0 Å². The molecule has 0 aromatic rings. The lowest BCUT2D eigenvalue weighted by Crippen LogP contribution is -1.94. The van der Waals surface area contributed by atoms with Gasteiger partial charge in [-0.15, -0.1) is 0 Å². The van der Waals surface area contributed by atoms with Crippen LogP contribution in [-0.4, -0.2) is 12.8 Å². The van der Waals surface area contributed by atoms with Crippen molar-refractivity contribution in [2.24, 2.45) is 4.99 Å². The lowest BCUT2D eigenvalue weighted by molar-refractivity contribution is 0.964. The quantitative estimate of drug-likeness (QED) is 0.609. The molecule has 0 saturated carbocycles. The molecule has 1 aliphatic rings. The molecule has 0 aromatic heterocycles. The van der Waals surface area contributed by atoms with Crippen LogP contribution in [0.5, 0.6) is 0 Å². The molecular formula is C15H25N. The van der Waals surface area contributed by atoms with Gasteiger partial charge in [-0.3, -0.25) is 4.99 Å². The van der Waals surface area contributed by atoms with Crippen molar-refractivity contribution < 1.29 is 0 Å². The summed E-state index contributed by atoms with van der Waals surface area (Å²) in [6.45, 7) is 11.2. The Morgan fingerprint density at radius 2 is 2.06 bits per heavy atom. The number of nitrogens with zero attached hydrogens (tertiary/aromatic N) is 1. The van der Waals surface area contributed by atoms with E-state index in [0.29, 0.717) is 0 Å². The Bertz CT molecular complexity index is 303. The van der Waals surface area contributed by atoms with E-state index in [1.807, 2.05) is 20.1 Å². The van der Waals surface area contributed by atoms with Crippen molar-refractivity contribution in [3.63, 3.8) is 0 Å². The lowest BCUT2D eigenvalue weighted by Gasteiger charge is -2.11. The fourth-order valence-corrected chi connectivity index (χ4v) is 1.49. The van der Waals surface area contributed by atoms with Crippen molar-refractivity contribution in [3.8, 4) is 0 Å². The smallest absolute Gasteiger partial charge is 0.0361 e. The average molecular weight is 219 g/mol. The predicted molar refractivity (Wildman–Crippen MR) is 75.2 cm³/mol. The maximum absolute atomic E-state index is 4.26. The highest BCUT2D eigenvalue weighted by Crippen LogP contribution is 2.21. The SMILES string of the molecule is CC.CCN=C/C(C)=C(\C)C1=CC=CCC1. The van der Waals surface area contributed by atoms with Crippen molar-refractivity contribution in [2.75, 3.05) is 6.54 Å². The Kier molecular flexibility index (Phi) is 8.51. The first-order valence-electron chi connectivity index (χ1n) is 6.29. The molecule has 0 amide bonds. The summed E-state index contributed by atoms with van der Waals surface area (Å²) in [7, 11) is 0. The minimum absolute atomic E-state index is 0.865. The molecule has 0 heterocycles. The fourth-order valence-electron chi connectivity index (χ4n) is 1.49. The third-order valence-electron chi connectivity index (χ3n) is 2.55. The molecule has 0 radical (unpaired) electrons. The normalized spacial score (nSPS) is 16.4. The van der Waals surface area contributed by atoms with Gasteiger partial charge in [-0.05, 0) is 50.3 Å². The molecule has 0 aliphatic heterocycles. The summed E-state index contributed by atoms with van der Waals surface area (Å²) in [6, 6.07) is 0. The third kappa shape index (κ3) is 5.11. The minimum atomic E-state index is 0.865. The van der Waals surface area contributed by atoms with Crippen LogP contribution in [0, 0.1) is 0 Å². The zero-order valence-corrected chi connectivity index (χ0v) is 11.4. The maximum atomic E-state index is 4.26. The van der Waals surface area contributed by atoms with Crippen molar-refractivity contribution in [3.05, 3.63) is 34.9 Å². The Labute approximate surface area is 101 Å². The van der Waals surface area contributed by atoms with Crippen molar-refractivity contribution in [1.29, 1.82) is 0 Å². The van der Waals surface area contributed by atoms with E-state index in [0.717, 1.165) is 6.54 Å². The first kappa shape index (κ1) is 14.9. The molecule has 0 aromatic carbocycles. The van der Waals surface area contributed by atoms with Gasteiger partial charge in [0.15, 0.2) is 0 Å². The first-order valence-corrected chi connectivity index (χ1v) is 6.29. The number of allylic oxidation sites excluding steroid dienone is 6. The second-order valence-corrected chi connectivity index (χ2v) is 3.59. The number of hydrogen-bond acceptors (Lipinski definition) is 1. The van der Waals surface area contributed by atoms with Crippen LogP contribution in [0.3, 0.4) is 0 Å². The molecule has 1 nitrogen and oxygen atoms in total. The van der Waals surface area contributed by atoms with Gasteiger partial charge in [-0.25, -0.2) is 0 Å². The predicted octanol–water partition coefficient (Wildman–Crippen LogP) is 4.72. The van der Waals surface area contributed by atoms with Crippen molar-refractivity contribution in [2.45, 2.75) is 47.5 Å². The van der Waals surface area contributed by atoms with Gasteiger partial charge in [-0.2, -0.15) is 0 Å². The zero-order valence-electron chi connectivity index (χ0n) is 11.4. The summed E-state index contributed by atoms with van der Waals surface area (Å²) in [5.41, 5.74) is 4.12. The molecule has 16 heavy (non-hydrogen) atoms. The standard InChI is InChI=1S/C13H19N.C2H6/c1-4-14-10-11(2)12(3)13-8-6-5-7-9-13;1-2/h5-6,8,10H,4,7,9H2,1-3H3;1-2H3/b12-11+,14-10?;. The monoisotopic (exact) mass is 219 g/mol. The molecule has 0 spiro atoms. The molecule has 0 fully saturated rings. The van der Waals surface area contributed by atoms with E-state index >= 15 is 0 Å². The summed E-state index contributed by atoms with van der Waals surface area (Å²) < 4.78 is 0. The van der Waals surface area contributed by atoms with Crippen LogP contribution in [-0.2, 0) is 0 Å². The van der Waals surface area contributed by atoms with E-state index in [9.17, 15) is 0 Å². The Balaban J connectivity index is 0.00000106. The highest BCUT2D eigenvalue weighted by molar-refractivity contribution is 5.80. The van der Waals surface area contributed by atoms with Gasteiger partial charge < -0.3 is 0 Å². The van der Waals surface area contributed by atoms with E-state index in [2.05, 4.69) is 44.0 Å². The third-order valence-corrected chi connectivity index (χ3v) is 2.55. The molecule has 1 rings (SSSR count). The minimum Gasteiger partial charge on any atom is -0.293 e. The van der Waals surface area contributed by atoms with Gasteiger partial charge >= 0.3 is 0 Å². The average Bonchev–Trinajstić information content (AvgIpc) is 2.38. The molecule has 0 saturated heterocycles. The summed E-state index contributed by atoms with van der Waals surface area (Å²) in [5, 5.41) is 0. The summed E-state index contributed by atoms with van der Waals surface area (Å²) >= 11 is 0. The van der Waals surface area contributed by atoms with Crippen LogP contribution in [0.1, 0.15) is 47.5 Å². The van der Waals surface area contributed by atoms with E-state index in [-0.39, 0.29) is 0 Å². The topological polar surface area (TPSA) is 12.4 Å². The van der Waals surface area contributed by atoms with Crippen molar-refractivity contribution >= 4 is 6.21 Å². The lowest BCUT2D eigenvalue weighted by atomic mass is 9.95. The Morgan fingerprint density at radius 3 is 2.56 bits per heavy atom. The van der Waals surface area contributed by atoms with Gasteiger partial charge in [0.25, 0.3) is 0 Å². The number of hydrogen-bond donors (Lipinski definition) is 0.